The highest BCUT2D eigenvalue weighted by Crippen LogP contribution is 2.10. The number of H-pyrrole nitrogens is 1. The summed E-state index contributed by atoms with van der Waals surface area (Å²) in [6.45, 7) is 5.17. The summed E-state index contributed by atoms with van der Waals surface area (Å²) < 4.78 is 0. The normalized spacial score (nSPS) is 16.8. The van der Waals surface area contributed by atoms with Gasteiger partial charge in [0.2, 0.25) is 11.7 Å². The van der Waals surface area contributed by atoms with E-state index in [1.54, 1.807) is 6.92 Å². The van der Waals surface area contributed by atoms with Crippen molar-refractivity contribution in [1.29, 1.82) is 0 Å². The van der Waals surface area contributed by atoms with E-state index in [9.17, 15) is 9.59 Å². The van der Waals surface area contributed by atoms with Gasteiger partial charge in [-0.1, -0.05) is 6.92 Å². The molecule has 20 heavy (non-hydrogen) atoms. The fourth-order valence-electron chi connectivity index (χ4n) is 2.27. The van der Waals surface area contributed by atoms with Crippen LogP contribution in [-0.2, 0) is 11.2 Å². The quantitative estimate of drug-likeness (QED) is 0.839. The predicted octanol–water partition coefficient (Wildman–Crippen LogP) is 0.498. The maximum absolute atomic E-state index is 12.2. The van der Waals surface area contributed by atoms with E-state index >= 15 is 0 Å². The second-order valence-corrected chi connectivity index (χ2v) is 5.04. The number of nitrogens with zero attached hydrogens (tertiary/aromatic N) is 3. The highest BCUT2D eigenvalue weighted by Gasteiger charge is 2.24. The van der Waals surface area contributed by atoms with Crippen LogP contribution in [0.5, 0.6) is 0 Å². The van der Waals surface area contributed by atoms with Crippen LogP contribution >= 0.6 is 0 Å². The van der Waals surface area contributed by atoms with Crippen LogP contribution in [0.1, 0.15) is 49.6 Å². The highest BCUT2D eigenvalue weighted by molar-refractivity contribution is 5.94. The molecule has 0 radical (unpaired) electrons. The molecule has 1 atom stereocenters. The van der Waals surface area contributed by atoms with Crippen LogP contribution in [0.15, 0.2) is 0 Å². The molecular formula is C13H21N5O2. The molecule has 1 saturated heterocycles. The van der Waals surface area contributed by atoms with E-state index < -0.39 is 11.9 Å². The fourth-order valence-corrected chi connectivity index (χ4v) is 2.27. The van der Waals surface area contributed by atoms with Gasteiger partial charge in [0.15, 0.2) is 0 Å². The molecule has 1 fully saturated rings. The van der Waals surface area contributed by atoms with E-state index in [-0.39, 0.29) is 11.7 Å². The Morgan fingerprint density at radius 1 is 1.35 bits per heavy atom. The van der Waals surface area contributed by atoms with Gasteiger partial charge in [-0.2, -0.15) is 0 Å². The largest absolute Gasteiger partial charge is 0.341 e. The second-order valence-electron chi connectivity index (χ2n) is 5.04. The molecule has 0 aromatic carbocycles. The molecule has 1 unspecified atom stereocenters. The van der Waals surface area contributed by atoms with Gasteiger partial charge in [0, 0.05) is 19.5 Å². The van der Waals surface area contributed by atoms with Crippen LogP contribution in [0.25, 0.3) is 0 Å². The van der Waals surface area contributed by atoms with Crippen LogP contribution in [0.2, 0.25) is 0 Å². The molecule has 2 rings (SSSR count). The molecule has 1 aliphatic heterocycles. The minimum absolute atomic E-state index is 0.0377. The Hall–Kier alpha value is -1.92. The molecule has 0 saturated carbocycles. The average molecular weight is 279 g/mol. The Bertz CT molecular complexity index is 479. The standard InChI is InChI=1S/C13H21N5O2/c1-3-10-15-11(17-16-10)12(19)14-9(2)13(20)18-7-5-4-6-8-18/h9H,3-8H2,1-2H3,(H,14,19)(H,15,16,17). The number of hydrogen-bond donors (Lipinski definition) is 2. The third-order valence-electron chi connectivity index (χ3n) is 3.46. The van der Waals surface area contributed by atoms with Gasteiger partial charge in [-0.15, -0.1) is 5.10 Å². The van der Waals surface area contributed by atoms with E-state index in [0.29, 0.717) is 12.2 Å². The molecule has 0 bridgehead atoms. The van der Waals surface area contributed by atoms with Gasteiger partial charge in [0.05, 0.1) is 0 Å². The minimum Gasteiger partial charge on any atom is -0.341 e. The molecule has 2 heterocycles. The summed E-state index contributed by atoms with van der Waals surface area (Å²) >= 11 is 0. The van der Waals surface area contributed by atoms with E-state index in [1.807, 2.05) is 11.8 Å². The number of rotatable bonds is 4. The Labute approximate surface area is 118 Å². The van der Waals surface area contributed by atoms with E-state index in [4.69, 9.17) is 0 Å². The number of aromatic amines is 1. The zero-order valence-electron chi connectivity index (χ0n) is 12.0. The molecular weight excluding hydrogens is 258 g/mol. The number of nitrogens with one attached hydrogen (secondary N) is 2. The lowest BCUT2D eigenvalue weighted by atomic mass is 10.1. The lowest BCUT2D eigenvalue weighted by Crippen LogP contribution is -2.48. The van der Waals surface area contributed by atoms with Crippen molar-refractivity contribution in [1.82, 2.24) is 25.4 Å². The van der Waals surface area contributed by atoms with E-state index in [2.05, 4.69) is 20.5 Å². The Balaban J connectivity index is 1.91. The Morgan fingerprint density at radius 3 is 2.65 bits per heavy atom. The van der Waals surface area contributed by atoms with Crippen molar-refractivity contribution in [2.45, 2.75) is 45.6 Å². The van der Waals surface area contributed by atoms with E-state index in [1.165, 1.54) is 6.42 Å². The summed E-state index contributed by atoms with van der Waals surface area (Å²) in [5.41, 5.74) is 0. The first kappa shape index (κ1) is 14.5. The van der Waals surface area contributed by atoms with Gasteiger partial charge < -0.3 is 10.2 Å². The zero-order chi connectivity index (χ0) is 14.5. The topological polar surface area (TPSA) is 91.0 Å². The smallest absolute Gasteiger partial charge is 0.291 e. The van der Waals surface area contributed by atoms with Crippen LogP contribution in [0.4, 0.5) is 0 Å². The van der Waals surface area contributed by atoms with Gasteiger partial charge >= 0.3 is 0 Å². The lowest BCUT2D eigenvalue weighted by Gasteiger charge is -2.29. The van der Waals surface area contributed by atoms with Crippen molar-refractivity contribution in [3.63, 3.8) is 0 Å². The molecule has 0 aliphatic carbocycles. The Kier molecular flexibility index (Phi) is 4.70. The monoisotopic (exact) mass is 279 g/mol. The molecule has 0 spiro atoms. The van der Waals surface area contributed by atoms with Crippen LogP contribution in [0.3, 0.4) is 0 Å². The van der Waals surface area contributed by atoms with Crippen LogP contribution in [-0.4, -0.2) is 51.0 Å². The highest BCUT2D eigenvalue weighted by atomic mass is 16.2. The van der Waals surface area contributed by atoms with Crippen molar-refractivity contribution in [2.24, 2.45) is 0 Å². The van der Waals surface area contributed by atoms with Gasteiger partial charge in [-0.25, -0.2) is 4.98 Å². The number of carbonyl (C=O) groups is 2. The van der Waals surface area contributed by atoms with Crippen molar-refractivity contribution in [2.75, 3.05) is 13.1 Å². The summed E-state index contributed by atoms with van der Waals surface area (Å²) in [5.74, 6) is 0.286. The van der Waals surface area contributed by atoms with Crippen LogP contribution < -0.4 is 5.32 Å². The molecule has 110 valence electrons. The van der Waals surface area contributed by atoms with Gasteiger partial charge in [-0.3, -0.25) is 14.7 Å². The van der Waals surface area contributed by atoms with Crippen molar-refractivity contribution < 1.29 is 9.59 Å². The molecule has 2 N–H and O–H groups in total. The second kappa shape index (κ2) is 6.49. The molecule has 2 amide bonds. The molecule has 7 nitrogen and oxygen atoms in total. The zero-order valence-corrected chi connectivity index (χ0v) is 12.0. The third kappa shape index (κ3) is 3.34. The van der Waals surface area contributed by atoms with Gasteiger partial charge in [0.25, 0.3) is 5.91 Å². The first-order valence-corrected chi connectivity index (χ1v) is 7.12. The molecule has 1 aromatic heterocycles. The molecule has 1 aliphatic rings. The van der Waals surface area contributed by atoms with Gasteiger partial charge in [-0.05, 0) is 26.2 Å². The number of aryl methyl sites for hydroxylation is 1. The first-order chi connectivity index (χ1) is 9.61. The van der Waals surface area contributed by atoms with Crippen LogP contribution in [0, 0.1) is 0 Å². The summed E-state index contributed by atoms with van der Waals surface area (Å²) in [6.07, 6.45) is 3.92. The predicted molar refractivity (Wildman–Crippen MR) is 73.1 cm³/mol. The average Bonchev–Trinajstić information content (AvgIpc) is 2.96. The summed E-state index contributed by atoms with van der Waals surface area (Å²) in [7, 11) is 0. The number of piperidine rings is 1. The number of aromatic nitrogens is 3. The number of carbonyl (C=O) groups excluding carboxylic acids is 2. The maximum Gasteiger partial charge on any atom is 0.291 e. The van der Waals surface area contributed by atoms with Crippen molar-refractivity contribution in [3.05, 3.63) is 11.6 Å². The molecule has 7 heteroatoms. The van der Waals surface area contributed by atoms with Crippen molar-refractivity contribution >= 4 is 11.8 Å². The SMILES string of the molecule is CCc1nc(C(=O)NC(C)C(=O)N2CCCCC2)n[nH]1. The maximum atomic E-state index is 12.2. The Morgan fingerprint density at radius 2 is 2.05 bits per heavy atom. The van der Waals surface area contributed by atoms with Crippen molar-refractivity contribution in [3.8, 4) is 0 Å². The van der Waals surface area contributed by atoms with Gasteiger partial charge in [0.1, 0.15) is 11.9 Å². The summed E-state index contributed by atoms with van der Waals surface area (Å²) in [6, 6.07) is -0.552. The minimum atomic E-state index is -0.552. The number of likely N-dealkylation sites (tertiary alicyclic amines) is 1. The number of amides is 2. The first-order valence-electron chi connectivity index (χ1n) is 7.12. The lowest BCUT2D eigenvalue weighted by molar-refractivity contribution is -0.133. The summed E-state index contributed by atoms with van der Waals surface area (Å²) in [4.78, 5) is 30.0. The number of hydrogen-bond acceptors (Lipinski definition) is 4. The summed E-state index contributed by atoms with van der Waals surface area (Å²) in [5, 5.41) is 9.18. The third-order valence-corrected chi connectivity index (χ3v) is 3.46. The van der Waals surface area contributed by atoms with E-state index in [0.717, 1.165) is 25.9 Å². The molecule has 1 aromatic rings. The fraction of sp³-hybridized carbons (Fsp3) is 0.692.